The lowest BCUT2D eigenvalue weighted by molar-refractivity contribution is 0.0117. The van der Waals surface area contributed by atoms with Gasteiger partial charge in [0.1, 0.15) is 0 Å². The van der Waals surface area contributed by atoms with Crippen molar-refractivity contribution >= 4 is 11.8 Å². The highest BCUT2D eigenvalue weighted by atomic mass is 32.2. The maximum atomic E-state index is 9.25. The number of morpholine rings is 1. The van der Waals surface area contributed by atoms with E-state index in [1.54, 1.807) is 11.8 Å². The Morgan fingerprint density at radius 3 is 2.25 bits per heavy atom. The Labute approximate surface area is 123 Å². The summed E-state index contributed by atoms with van der Waals surface area (Å²) >= 11 is 1.68. The first-order valence-electron chi connectivity index (χ1n) is 6.55. The van der Waals surface area contributed by atoms with Gasteiger partial charge in [-0.2, -0.15) is 10.5 Å². The predicted molar refractivity (Wildman–Crippen MR) is 78.1 cm³/mol. The number of benzene rings is 1. The third-order valence-electron chi connectivity index (χ3n) is 3.49. The standard InChI is InChI=1S/C15H17N3OS/c1-20-14-4-2-12(3-5-14)15(13(10-16)11-17)18-6-8-19-9-7-18/h2-5,13,15H,6-9H2,1H3. The highest BCUT2D eigenvalue weighted by Gasteiger charge is 2.30. The lowest BCUT2D eigenvalue weighted by Gasteiger charge is -2.35. The van der Waals surface area contributed by atoms with Gasteiger partial charge >= 0.3 is 0 Å². The molecule has 1 unspecified atom stereocenters. The maximum Gasteiger partial charge on any atom is 0.152 e. The highest BCUT2D eigenvalue weighted by molar-refractivity contribution is 7.98. The molecule has 4 nitrogen and oxygen atoms in total. The summed E-state index contributed by atoms with van der Waals surface area (Å²) in [6.45, 7) is 2.83. The molecule has 1 aliphatic rings. The minimum absolute atomic E-state index is 0.176. The molecule has 0 saturated carbocycles. The number of nitriles is 2. The van der Waals surface area contributed by atoms with E-state index in [0.717, 1.165) is 18.7 Å². The van der Waals surface area contributed by atoms with Crippen LogP contribution in [0.5, 0.6) is 0 Å². The molecule has 1 aromatic rings. The SMILES string of the molecule is CSc1ccc(C(C(C#N)C#N)N2CCOCC2)cc1. The summed E-state index contributed by atoms with van der Waals surface area (Å²) in [6.07, 6.45) is 2.03. The van der Waals surface area contributed by atoms with Crippen LogP contribution < -0.4 is 0 Å². The van der Waals surface area contributed by atoms with Gasteiger partial charge in [0.2, 0.25) is 0 Å². The van der Waals surface area contributed by atoms with Crippen molar-refractivity contribution < 1.29 is 4.74 Å². The Kier molecular flexibility index (Phi) is 5.43. The second-order valence-electron chi connectivity index (χ2n) is 4.60. The molecule has 0 aliphatic carbocycles. The maximum absolute atomic E-state index is 9.25. The van der Waals surface area contributed by atoms with Gasteiger partial charge in [-0.25, -0.2) is 0 Å². The topological polar surface area (TPSA) is 60.0 Å². The molecular weight excluding hydrogens is 270 g/mol. The predicted octanol–water partition coefficient (Wildman–Crippen LogP) is 2.45. The monoisotopic (exact) mass is 287 g/mol. The molecule has 0 N–H and O–H groups in total. The number of thioether (sulfide) groups is 1. The summed E-state index contributed by atoms with van der Waals surface area (Å²) in [7, 11) is 0. The molecule has 1 fully saturated rings. The lowest BCUT2D eigenvalue weighted by atomic mass is 9.93. The molecule has 104 valence electrons. The first-order chi connectivity index (χ1) is 9.80. The molecule has 1 heterocycles. The van der Waals surface area contributed by atoms with E-state index in [4.69, 9.17) is 4.74 Å². The van der Waals surface area contributed by atoms with Gasteiger partial charge in [-0.3, -0.25) is 4.90 Å². The fourth-order valence-corrected chi connectivity index (χ4v) is 2.85. The van der Waals surface area contributed by atoms with E-state index in [1.165, 1.54) is 4.90 Å². The molecule has 0 radical (unpaired) electrons. The number of rotatable bonds is 4. The third kappa shape index (κ3) is 3.32. The Bertz CT molecular complexity index is 497. The zero-order valence-electron chi connectivity index (χ0n) is 11.5. The zero-order chi connectivity index (χ0) is 14.4. The minimum atomic E-state index is -0.659. The minimum Gasteiger partial charge on any atom is -0.379 e. The fourth-order valence-electron chi connectivity index (χ4n) is 2.44. The van der Waals surface area contributed by atoms with Crippen LogP contribution >= 0.6 is 11.8 Å². The summed E-state index contributed by atoms with van der Waals surface area (Å²) in [5, 5.41) is 18.5. The van der Waals surface area contributed by atoms with Crippen LogP contribution in [0.15, 0.2) is 29.2 Å². The van der Waals surface area contributed by atoms with Crippen LogP contribution in [-0.4, -0.2) is 37.5 Å². The van der Waals surface area contributed by atoms with E-state index in [0.29, 0.717) is 13.2 Å². The van der Waals surface area contributed by atoms with Crippen molar-refractivity contribution in [2.75, 3.05) is 32.6 Å². The second-order valence-corrected chi connectivity index (χ2v) is 5.48. The Morgan fingerprint density at radius 1 is 1.15 bits per heavy atom. The van der Waals surface area contributed by atoms with Gasteiger partial charge in [-0.15, -0.1) is 11.8 Å². The number of hydrogen-bond acceptors (Lipinski definition) is 5. The molecule has 20 heavy (non-hydrogen) atoms. The largest absolute Gasteiger partial charge is 0.379 e. The molecule has 0 bridgehead atoms. The van der Waals surface area contributed by atoms with Gasteiger partial charge in [0.25, 0.3) is 0 Å². The smallest absolute Gasteiger partial charge is 0.152 e. The van der Waals surface area contributed by atoms with Crippen LogP contribution in [0.25, 0.3) is 0 Å². The summed E-state index contributed by atoms with van der Waals surface area (Å²) in [5.41, 5.74) is 1.03. The van der Waals surface area contributed by atoms with Gasteiger partial charge in [-0.05, 0) is 24.0 Å². The second kappa shape index (κ2) is 7.31. The van der Waals surface area contributed by atoms with Crippen LogP contribution in [0.1, 0.15) is 11.6 Å². The molecule has 1 aromatic carbocycles. The molecule has 1 aliphatic heterocycles. The van der Waals surface area contributed by atoms with E-state index in [1.807, 2.05) is 30.5 Å². The van der Waals surface area contributed by atoms with Gasteiger partial charge in [0.15, 0.2) is 5.92 Å². The summed E-state index contributed by atoms with van der Waals surface area (Å²) < 4.78 is 5.36. The van der Waals surface area contributed by atoms with Gasteiger partial charge in [0.05, 0.1) is 31.4 Å². The van der Waals surface area contributed by atoms with Crippen molar-refractivity contribution in [2.45, 2.75) is 10.9 Å². The van der Waals surface area contributed by atoms with Crippen LogP contribution in [0.2, 0.25) is 0 Å². The lowest BCUT2D eigenvalue weighted by Crippen LogP contribution is -2.41. The summed E-state index contributed by atoms with van der Waals surface area (Å²) in [4.78, 5) is 3.36. The van der Waals surface area contributed by atoms with Crippen molar-refractivity contribution in [3.05, 3.63) is 29.8 Å². The van der Waals surface area contributed by atoms with Gasteiger partial charge in [-0.1, -0.05) is 12.1 Å². The van der Waals surface area contributed by atoms with Crippen molar-refractivity contribution in [3.8, 4) is 12.1 Å². The summed E-state index contributed by atoms with van der Waals surface area (Å²) in [5.74, 6) is -0.659. The molecule has 1 saturated heterocycles. The third-order valence-corrected chi connectivity index (χ3v) is 4.23. The van der Waals surface area contributed by atoms with E-state index in [9.17, 15) is 10.5 Å². The number of nitrogens with zero attached hydrogens (tertiary/aromatic N) is 3. The van der Waals surface area contributed by atoms with Crippen molar-refractivity contribution in [3.63, 3.8) is 0 Å². The van der Waals surface area contributed by atoms with Crippen LogP contribution in [-0.2, 0) is 4.74 Å². The molecule has 0 spiro atoms. The van der Waals surface area contributed by atoms with Crippen molar-refractivity contribution in [1.29, 1.82) is 10.5 Å². The molecule has 5 heteroatoms. The first-order valence-corrected chi connectivity index (χ1v) is 7.77. The van der Waals surface area contributed by atoms with Crippen LogP contribution in [0, 0.1) is 28.6 Å². The molecule has 2 rings (SSSR count). The molecule has 1 atom stereocenters. The highest BCUT2D eigenvalue weighted by Crippen LogP contribution is 2.30. The van der Waals surface area contributed by atoms with E-state index in [-0.39, 0.29) is 6.04 Å². The zero-order valence-corrected chi connectivity index (χ0v) is 12.3. The van der Waals surface area contributed by atoms with Crippen molar-refractivity contribution in [2.24, 2.45) is 5.92 Å². The van der Waals surface area contributed by atoms with E-state index >= 15 is 0 Å². The Balaban J connectivity index is 2.29. The first kappa shape index (κ1) is 14.9. The van der Waals surface area contributed by atoms with Crippen molar-refractivity contribution in [1.82, 2.24) is 4.90 Å². The average molecular weight is 287 g/mol. The molecular formula is C15H17N3OS. The fraction of sp³-hybridized carbons (Fsp3) is 0.467. The van der Waals surface area contributed by atoms with Crippen LogP contribution in [0.3, 0.4) is 0 Å². The normalized spacial score (nSPS) is 17.4. The molecule has 0 aromatic heterocycles. The summed E-state index contributed by atoms with van der Waals surface area (Å²) in [6, 6.07) is 12.2. The quantitative estimate of drug-likeness (QED) is 0.796. The van der Waals surface area contributed by atoms with Gasteiger partial charge < -0.3 is 4.74 Å². The number of hydrogen-bond donors (Lipinski definition) is 0. The van der Waals surface area contributed by atoms with Gasteiger partial charge in [0, 0.05) is 18.0 Å². The number of ether oxygens (including phenoxy) is 1. The molecule has 0 amide bonds. The Hall–Kier alpha value is -1.53. The average Bonchev–Trinajstić information content (AvgIpc) is 2.53. The Morgan fingerprint density at radius 2 is 1.75 bits per heavy atom. The van der Waals surface area contributed by atoms with E-state index in [2.05, 4.69) is 17.0 Å². The van der Waals surface area contributed by atoms with E-state index < -0.39 is 5.92 Å². The van der Waals surface area contributed by atoms with Crippen LogP contribution in [0.4, 0.5) is 0 Å².